The van der Waals surface area contributed by atoms with Crippen LogP contribution in [0.5, 0.6) is 11.5 Å². The molecule has 2 aromatic carbocycles. The van der Waals surface area contributed by atoms with Crippen molar-refractivity contribution in [1.29, 1.82) is 0 Å². The highest BCUT2D eigenvalue weighted by Gasteiger charge is 2.26. The predicted octanol–water partition coefficient (Wildman–Crippen LogP) is 5.07. The van der Waals surface area contributed by atoms with Gasteiger partial charge in [-0.25, -0.2) is 4.79 Å². The minimum absolute atomic E-state index is 0.0953. The Bertz CT molecular complexity index is 817. The normalized spacial score (nSPS) is 12.1. The van der Waals surface area contributed by atoms with Gasteiger partial charge in [-0.3, -0.25) is 0 Å². The quantitative estimate of drug-likeness (QED) is 0.740. The summed E-state index contributed by atoms with van der Waals surface area (Å²) in [6.07, 6.45) is 0.580. The standard InChI is InChI=1S/C23H30O4/c1-22(2,3)17-12-15(13-18(20(17)25)23(4,5)6)10-14-8-9-19(24)16(11-14)21(26)27-7/h8-9,11-13,24-25H,10H2,1-7H3. The Morgan fingerprint density at radius 3 is 1.85 bits per heavy atom. The van der Waals surface area contributed by atoms with E-state index >= 15 is 0 Å². The third-order valence-electron chi connectivity index (χ3n) is 4.66. The van der Waals surface area contributed by atoms with Gasteiger partial charge in [-0.15, -0.1) is 0 Å². The average Bonchev–Trinajstić information content (AvgIpc) is 2.55. The third kappa shape index (κ3) is 4.62. The Kier molecular flexibility index (Phi) is 5.60. The summed E-state index contributed by atoms with van der Waals surface area (Å²) in [6, 6.07) is 9.01. The summed E-state index contributed by atoms with van der Waals surface area (Å²) in [4.78, 5) is 11.8. The Morgan fingerprint density at radius 1 is 0.889 bits per heavy atom. The largest absolute Gasteiger partial charge is 0.507 e. The van der Waals surface area contributed by atoms with Crippen molar-refractivity contribution in [3.05, 3.63) is 58.1 Å². The number of phenolic OH excluding ortho intramolecular Hbond substituents is 2. The molecule has 4 nitrogen and oxygen atoms in total. The first-order valence-corrected chi connectivity index (χ1v) is 9.11. The van der Waals surface area contributed by atoms with Gasteiger partial charge in [-0.2, -0.15) is 0 Å². The van der Waals surface area contributed by atoms with Crippen LogP contribution in [0.15, 0.2) is 30.3 Å². The molecular formula is C23H30O4. The van der Waals surface area contributed by atoms with Gasteiger partial charge < -0.3 is 14.9 Å². The molecule has 0 heterocycles. The van der Waals surface area contributed by atoms with Crippen molar-refractivity contribution >= 4 is 5.97 Å². The fourth-order valence-electron chi connectivity index (χ4n) is 3.14. The van der Waals surface area contributed by atoms with Crippen molar-refractivity contribution in [2.75, 3.05) is 7.11 Å². The highest BCUT2D eigenvalue weighted by Crippen LogP contribution is 2.40. The van der Waals surface area contributed by atoms with E-state index in [9.17, 15) is 15.0 Å². The Hall–Kier alpha value is -2.49. The van der Waals surface area contributed by atoms with Crippen LogP contribution in [-0.4, -0.2) is 23.3 Å². The van der Waals surface area contributed by atoms with Gasteiger partial charge in [-0.1, -0.05) is 59.7 Å². The molecule has 0 spiro atoms. The number of carbonyl (C=O) groups is 1. The summed E-state index contributed by atoms with van der Waals surface area (Å²) in [5.41, 5.74) is 3.48. The highest BCUT2D eigenvalue weighted by molar-refractivity contribution is 5.92. The molecule has 4 heteroatoms. The van der Waals surface area contributed by atoms with Gasteiger partial charge >= 0.3 is 5.97 Å². The molecule has 2 aromatic rings. The number of benzene rings is 2. The second kappa shape index (κ2) is 7.26. The predicted molar refractivity (Wildman–Crippen MR) is 108 cm³/mol. The van der Waals surface area contributed by atoms with Crippen molar-refractivity contribution in [3.8, 4) is 11.5 Å². The van der Waals surface area contributed by atoms with Crippen molar-refractivity contribution in [3.63, 3.8) is 0 Å². The van der Waals surface area contributed by atoms with Gasteiger partial charge in [0, 0.05) is 0 Å². The van der Waals surface area contributed by atoms with Crippen LogP contribution in [0.3, 0.4) is 0 Å². The molecule has 146 valence electrons. The summed E-state index contributed by atoms with van der Waals surface area (Å²) in [6.45, 7) is 12.5. The van der Waals surface area contributed by atoms with Crippen LogP contribution in [0.4, 0.5) is 0 Å². The average molecular weight is 370 g/mol. The maximum absolute atomic E-state index is 11.8. The molecule has 27 heavy (non-hydrogen) atoms. The minimum Gasteiger partial charge on any atom is -0.507 e. The molecule has 0 aliphatic rings. The van der Waals surface area contributed by atoms with E-state index in [0.717, 1.165) is 22.3 Å². The van der Waals surface area contributed by atoms with Crippen LogP contribution < -0.4 is 0 Å². The Morgan fingerprint density at radius 2 is 1.41 bits per heavy atom. The zero-order valence-corrected chi connectivity index (χ0v) is 17.3. The van der Waals surface area contributed by atoms with E-state index in [1.54, 1.807) is 12.1 Å². The highest BCUT2D eigenvalue weighted by atomic mass is 16.5. The Balaban J connectivity index is 2.55. The van der Waals surface area contributed by atoms with E-state index in [1.165, 1.54) is 13.2 Å². The lowest BCUT2D eigenvalue weighted by Gasteiger charge is -2.28. The molecule has 0 bridgehead atoms. The molecule has 2 rings (SSSR count). The van der Waals surface area contributed by atoms with Crippen LogP contribution in [0.25, 0.3) is 0 Å². The number of hydrogen-bond donors (Lipinski definition) is 2. The molecule has 0 aliphatic heterocycles. The first-order chi connectivity index (χ1) is 12.3. The summed E-state index contributed by atoms with van der Waals surface area (Å²) in [5.74, 6) is -0.312. The molecule has 0 fully saturated rings. The number of phenols is 2. The SMILES string of the molecule is COC(=O)c1cc(Cc2cc(C(C)(C)C)c(O)c(C(C)(C)C)c2)ccc1O. The lowest BCUT2D eigenvalue weighted by molar-refractivity contribution is 0.0597. The summed E-state index contributed by atoms with van der Waals surface area (Å²) in [5, 5.41) is 20.7. The number of methoxy groups -OCH3 is 1. The first kappa shape index (κ1) is 20.8. The molecule has 0 saturated heterocycles. The van der Waals surface area contributed by atoms with E-state index in [1.807, 2.05) is 12.1 Å². The fourth-order valence-corrected chi connectivity index (χ4v) is 3.14. The summed E-state index contributed by atoms with van der Waals surface area (Å²) < 4.78 is 4.73. The summed E-state index contributed by atoms with van der Waals surface area (Å²) in [7, 11) is 1.29. The zero-order chi connectivity index (χ0) is 20.6. The molecular weight excluding hydrogens is 340 g/mol. The topological polar surface area (TPSA) is 66.8 Å². The monoisotopic (exact) mass is 370 g/mol. The first-order valence-electron chi connectivity index (χ1n) is 9.11. The van der Waals surface area contributed by atoms with E-state index in [0.29, 0.717) is 12.2 Å². The number of ether oxygens (including phenoxy) is 1. The maximum atomic E-state index is 11.8. The van der Waals surface area contributed by atoms with E-state index in [4.69, 9.17) is 4.74 Å². The van der Waals surface area contributed by atoms with Gasteiger partial charge in [-0.05, 0) is 51.6 Å². The third-order valence-corrected chi connectivity index (χ3v) is 4.66. The number of carbonyl (C=O) groups excluding carboxylic acids is 1. The van der Waals surface area contributed by atoms with Crippen molar-refractivity contribution in [2.45, 2.75) is 58.8 Å². The van der Waals surface area contributed by atoms with E-state index < -0.39 is 5.97 Å². The molecule has 2 N–H and O–H groups in total. The van der Waals surface area contributed by atoms with E-state index in [2.05, 4.69) is 41.5 Å². The van der Waals surface area contributed by atoms with Crippen LogP contribution in [0.2, 0.25) is 0 Å². The molecule has 0 radical (unpaired) electrons. The number of aromatic hydroxyl groups is 2. The molecule has 0 aliphatic carbocycles. The zero-order valence-electron chi connectivity index (χ0n) is 17.3. The van der Waals surface area contributed by atoms with Crippen molar-refractivity contribution < 1.29 is 19.7 Å². The second-order valence-electron chi connectivity index (χ2n) is 9.06. The van der Waals surface area contributed by atoms with Crippen LogP contribution in [0, 0.1) is 0 Å². The number of hydrogen-bond acceptors (Lipinski definition) is 4. The minimum atomic E-state index is -0.564. The molecule has 0 aromatic heterocycles. The van der Waals surface area contributed by atoms with Gasteiger partial charge in [0.15, 0.2) is 0 Å². The molecule has 0 unspecified atom stereocenters. The van der Waals surface area contributed by atoms with Gasteiger partial charge in [0.1, 0.15) is 17.1 Å². The number of rotatable bonds is 3. The smallest absolute Gasteiger partial charge is 0.341 e. The molecule has 0 atom stereocenters. The molecule has 0 saturated carbocycles. The maximum Gasteiger partial charge on any atom is 0.341 e. The van der Waals surface area contributed by atoms with Crippen LogP contribution >= 0.6 is 0 Å². The van der Waals surface area contributed by atoms with E-state index in [-0.39, 0.29) is 22.1 Å². The fraction of sp³-hybridized carbons (Fsp3) is 0.435. The van der Waals surface area contributed by atoms with Crippen LogP contribution in [-0.2, 0) is 22.0 Å². The van der Waals surface area contributed by atoms with Crippen LogP contribution in [0.1, 0.15) is 74.2 Å². The van der Waals surface area contributed by atoms with Crippen molar-refractivity contribution in [1.82, 2.24) is 0 Å². The van der Waals surface area contributed by atoms with Crippen molar-refractivity contribution in [2.24, 2.45) is 0 Å². The molecule has 0 amide bonds. The number of esters is 1. The lowest BCUT2D eigenvalue weighted by Crippen LogP contribution is -2.18. The second-order valence-corrected chi connectivity index (χ2v) is 9.06. The summed E-state index contributed by atoms with van der Waals surface area (Å²) >= 11 is 0. The van der Waals surface area contributed by atoms with Gasteiger partial charge in [0.25, 0.3) is 0 Å². The van der Waals surface area contributed by atoms with Gasteiger partial charge in [0.2, 0.25) is 0 Å². The van der Waals surface area contributed by atoms with Gasteiger partial charge in [0.05, 0.1) is 7.11 Å². The lowest BCUT2D eigenvalue weighted by atomic mass is 9.78. The Labute approximate surface area is 161 Å².